The van der Waals surface area contributed by atoms with Crippen molar-refractivity contribution in [2.75, 3.05) is 18.4 Å². The highest BCUT2D eigenvalue weighted by Crippen LogP contribution is 2.21. The zero-order valence-corrected chi connectivity index (χ0v) is 10.9. The first kappa shape index (κ1) is 12.3. The fourth-order valence-electron chi connectivity index (χ4n) is 1.49. The number of amides is 1. The van der Waals surface area contributed by atoms with Crippen molar-refractivity contribution >= 4 is 27.5 Å². The van der Waals surface area contributed by atoms with Crippen LogP contribution in [0.4, 0.5) is 10.1 Å². The van der Waals surface area contributed by atoms with Crippen molar-refractivity contribution in [2.24, 2.45) is 0 Å². The molecule has 1 aliphatic rings. The number of hydrogen-bond donors (Lipinski definition) is 2. The van der Waals surface area contributed by atoms with E-state index >= 15 is 0 Å². The quantitative estimate of drug-likeness (QED) is 0.824. The van der Waals surface area contributed by atoms with Gasteiger partial charge in [-0.1, -0.05) is 15.9 Å². The third-order valence-corrected chi connectivity index (χ3v) is 3.22. The van der Waals surface area contributed by atoms with Crippen molar-refractivity contribution in [1.82, 2.24) is 5.32 Å². The Morgan fingerprint density at radius 3 is 2.76 bits per heavy atom. The first-order valence-corrected chi connectivity index (χ1v) is 6.03. The zero-order chi connectivity index (χ0) is 12.4. The number of hydrogen-bond acceptors (Lipinski definition) is 2. The van der Waals surface area contributed by atoms with Gasteiger partial charge in [-0.15, -0.1) is 0 Å². The monoisotopic (exact) mass is 298 g/mol. The molecule has 0 aromatic heterocycles. The summed E-state index contributed by atoms with van der Waals surface area (Å²) >= 11 is 3.24. The Morgan fingerprint density at radius 2 is 2.18 bits per heavy atom. The predicted octanol–water partition coefficient (Wildman–Crippen LogP) is 2.45. The van der Waals surface area contributed by atoms with Crippen molar-refractivity contribution in [3.8, 4) is 0 Å². The molecule has 90 valence electrons. The average Bonchev–Trinajstić information content (AvgIpc) is 2.21. The molecule has 0 unspecified atom stereocenters. The van der Waals surface area contributed by atoms with E-state index in [9.17, 15) is 9.18 Å². The molecule has 0 atom stereocenters. The number of carbonyl (C=O) groups excluding carboxylic acids is 1. The van der Waals surface area contributed by atoms with Gasteiger partial charge in [0.25, 0.3) is 5.91 Å². The molecule has 3 nitrogen and oxygen atoms in total. The van der Waals surface area contributed by atoms with Gasteiger partial charge >= 0.3 is 0 Å². The number of carbonyl (C=O) groups is 1. The van der Waals surface area contributed by atoms with Gasteiger partial charge in [-0.2, -0.15) is 0 Å². The highest BCUT2D eigenvalue weighted by atomic mass is 79.9. The lowest BCUT2D eigenvalue weighted by atomic mass is 10.0. The molecule has 0 spiro atoms. The van der Waals surface area contributed by atoms with Crippen LogP contribution in [0.5, 0.6) is 0 Å². The second-order valence-electron chi connectivity index (χ2n) is 3.91. The summed E-state index contributed by atoms with van der Waals surface area (Å²) < 4.78 is 14.2. The van der Waals surface area contributed by atoms with Crippen LogP contribution >= 0.6 is 15.9 Å². The van der Waals surface area contributed by atoms with Crippen LogP contribution in [0, 0.1) is 5.82 Å². The number of rotatable bonds is 2. The molecule has 5 heteroatoms. The average molecular weight is 299 g/mol. The molecular weight excluding hydrogens is 287 g/mol. The summed E-state index contributed by atoms with van der Waals surface area (Å²) in [7, 11) is 0. The summed E-state index contributed by atoms with van der Waals surface area (Å²) in [5.41, 5.74) is 1.91. The highest BCUT2D eigenvalue weighted by molar-refractivity contribution is 9.10. The summed E-state index contributed by atoms with van der Waals surface area (Å²) in [6, 6.07) is 4.45. The van der Waals surface area contributed by atoms with Crippen molar-refractivity contribution in [1.29, 1.82) is 0 Å². The maximum atomic E-state index is 13.4. The molecule has 0 saturated carbocycles. The first-order valence-electron chi connectivity index (χ1n) is 5.23. The second kappa shape index (κ2) is 4.98. The van der Waals surface area contributed by atoms with Crippen LogP contribution in [0.1, 0.15) is 6.92 Å². The molecule has 0 aliphatic carbocycles. The van der Waals surface area contributed by atoms with Gasteiger partial charge in [0.1, 0.15) is 5.82 Å². The van der Waals surface area contributed by atoms with Gasteiger partial charge in [-0.05, 0) is 30.7 Å². The van der Waals surface area contributed by atoms with Gasteiger partial charge in [0.2, 0.25) is 0 Å². The topological polar surface area (TPSA) is 41.1 Å². The van der Waals surface area contributed by atoms with E-state index in [0.717, 1.165) is 23.1 Å². The van der Waals surface area contributed by atoms with E-state index in [4.69, 9.17) is 0 Å². The molecule has 0 bridgehead atoms. The minimum atomic E-state index is -0.439. The lowest BCUT2D eigenvalue weighted by Crippen LogP contribution is -2.36. The number of benzene rings is 1. The molecule has 1 aliphatic heterocycles. The lowest BCUT2D eigenvalue weighted by molar-refractivity contribution is -0.112. The van der Waals surface area contributed by atoms with Gasteiger partial charge in [0.15, 0.2) is 0 Å². The molecule has 1 fully saturated rings. The summed E-state index contributed by atoms with van der Waals surface area (Å²) in [5.74, 6) is -0.690. The summed E-state index contributed by atoms with van der Waals surface area (Å²) in [6.45, 7) is 3.22. The Labute approximate surface area is 107 Å². The fraction of sp³-hybridized carbons (Fsp3) is 0.250. The number of nitrogens with one attached hydrogen (secondary N) is 2. The maximum absolute atomic E-state index is 13.4. The van der Waals surface area contributed by atoms with Gasteiger partial charge in [0, 0.05) is 23.1 Å². The van der Waals surface area contributed by atoms with E-state index in [0.29, 0.717) is 5.57 Å². The van der Waals surface area contributed by atoms with Crippen molar-refractivity contribution in [2.45, 2.75) is 6.92 Å². The maximum Gasteiger partial charge on any atom is 0.251 e. The molecule has 1 saturated heterocycles. The molecule has 0 radical (unpaired) electrons. The standard InChI is InChI=1S/C12H12BrFN2O/c1-7(8-5-15-6-8)12(17)16-11-4-9(13)2-3-10(11)14/h2-4,15H,5-6H2,1H3,(H,16,17). The lowest BCUT2D eigenvalue weighted by Gasteiger charge is -2.21. The van der Waals surface area contributed by atoms with Crippen LogP contribution in [-0.4, -0.2) is 19.0 Å². The normalized spacial score (nSPS) is 14.2. The summed E-state index contributed by atoms with van der Waals surface area (Å²) in [6.07, 6.45) is 0. The van der Waals surface area contributed by atoms with Crippen molar-refractivity contribution < 1.29 is 9.18 Å². The van der Waals surface area contributed by atoms with Crippen molar-refractivity contribution in [3.05, 3.63) is 39.6 Å². The van der Waals surface area contributed by atoms with E-state index in [-0.39, 0.29) is 11.6 Å². The van der Waals surface area contributed by atoms with Gasteiger partial charge in [-0.3, -0.25) is 4.79 Å². The van der Waals surface area contributed by atoms with Crippen LogP contribution in [0.25, 0.3) is 0 Å². The van der Waals surface area contributed by atoms with Gasteiger partial charge < -0.3 is 10.6 Å². The molecule has 2 rings (SSSR count). The Kier molecular flexibility index (Phi) is 3.59. The van der Waals surface area contributed by atoms with E-state index in [1.165, 1.54) is 6.07 Å². The van der Waals surface area contributed by atoms with Gasteiger partial charge in [-0.25, -0.2) is 4.39 Å². The molecule has 2 N–H and O–H groups in total. The van der Waals surface area contributed by atoms with Crippen molar-refractivity contribution in [3.63, 3.8) is 0 Å². The predicted molar refractivity (Wildman–Crippen MR) is 68.3 cm³/mol. The third-order valence-electron chi connectivity index (χ3n) is 2.72. The van der Waals surface area contributed by atoms with E-state index in [1.54, 1.807) is 19.1 Å². The smallest absolute Gasteiger partial charge is 0.251 e. The molecular formula is C12H12BrFN2O. The van der Waals surface area contributed by atoms with E-state index < -0.39 is 5.82 Å². The molecule has 17 heavy (non-hydrogen) atoms. The molecule has 1 amide bonds. The fourth-order valence-corrected chi connectivity index (χ4v) is 1.85. The zero-order valence-electron chi connectivity index (χ0n) is 9.31. The molecule has 1 aromatic carbocycles. The summed E-state index contributed by atoms with van der Waals surface area (Å²) in [4.78, 5) is 11.8. The SMILES string of the molecule is CC(C(=O)Nc1cc(Br)ccc1F)=C1CNC1. The van der Waals surface area contributed by atoms with Crippen LogP contribution in [-0.2, 0) is 4.79 Å². The minimum Gasteiger partial charge on any atom is -0.320 e. The Morgan fingerprint density at radius 1 is 1.47 bits per heavy atom. The highest BCUT2D eigenvalue weighted by Gasteiger charge is 2.17. The Bertz CT molecular complexity index is 493. The molecule has 1 heterocycles. The second-order valence-corrected chi connectivity index (χ2v) is 4.83. The largest absolute Gasteiger partial charge is 0.320 e. The summed E-state index contributed by atoms with van der Waals surface area (Å²) in [5, 5.41) is 5.63. The minimum absolute atomic E-state index is 0.191. The van der Waals surface area contributed by atoms with Crippen LogP contribution in [0.2, 0.25) is 0 Å². The number of halogens is 2. The number of anilines is 1. The van der Waals surface area contributed by atoms with Crippen LogP contribution in [0.3, 0.4) is 0 Å². The molecule has 1 aromatic rings. The van der Waals surface area contributed by atoms with E-state index in [2.05, 4.69) is 26.6 Å². The van der Waals surface area contributed by atoms with Crippen LogP contribution < -0.4 is 10.6 Å². The first-order chi connectivity index (χ1) is 8.08. The van der Waals surface area contributed by atoms with Crippen LogP contribution in [0.15, 0.2) is 33.8 Å². The third kappa shape index (κ3) is 2.73. The Hall–Kier alpha value is -1.20. The van der Waals surface area contributed by atoms with Gasteiger partial charge in [0.05, 0.1) is 5.69 Å². The van der Waals surface area contributed by atoms with E-state index in [1.807, 2.05) is 0 Å². The Balaban J connectivity index is 2.15.